The van der Waals surface area contributed by atoms with Gasteiger partial charge in [-0.05, 0) is 50.0 Å². The highest BCUT2D eigenvalue weighted by molar-refractivity contribution is 5.77. The molecular weight excluding hydrogens is 276 g/mol. The zero-order valence-electron chi connectivity index (χ0n) is 13.1. The summed E-state index contributed by atoms with van der Waals surface area (Å²) in [5.41, 5.74) is 6.93. The molecule has 5 nitrogen and oxygen atoms in total. The fraction of sp³-hybridized carbons (Fsp3) is 0.647. The summed E-state index contributed by atoms with van der Waals surface area (Å²) in [6.45, 7) is 1.50. The van der Waals surface area contributed by atoms with E-state index in [0.29, 0.717) is 18.6 Å². The lowest BCUT2D eigenvalue weighted by Crippen LogP contribution is -2.37. The Hall–Kier alpha value is -1.78. The first-order valence-corrected chi connectivity index (χ1v) is 8.45. The molecule has 0 bridgehead atoms. The average Bonchev–Trinajstić information content (AvgIpc) is 2.98. The van der Waals surface area contributed by atoms with Crippen LogP contribution < -0.4 is 15.8 Å². The minimum absolute atomic E-state index is 0.350. The second kappa shape index (κ2) is 7.47. The van der Waals surface area contributed by atoms with Crippen LogP contribution in [-0.4, -0.2) is 23.6 Å². The van der Waals surface area contributed by atoms with Gasteiger partial charge in [-0.1, -0.05) is 12.5 Å². The highest BCUT2D eigenvalue weighted by Gasteiger charge is 2.17. The highest BCUT2D eigenvalue weighted by atomic mass is 16.5. The summed E-state index contributed by atoms with van der Waals surface area (Å²) in [5, 5.41) is 3.20. The monoisotopic (exact) mass is 302 g/mol. The smallest absolute Gasteiger partial charge is 0.213 e. The average molecular weight is 302 g/mol. The Bertz CT molecular complexity index is 490. The molecule has 1 heterocycles. The first-order chi connectivity index (χ1) is 10.8. The Morgan fingerprint density at radius 3 is 2.68 bits per heavy atom. The molecule has 1 aromatic heterocycles. The van der Waals surface area contributed by atoms with Crippen LogP contribution in [-0.2, 0) is 6.54 Å². The van der Waals surface area contributed by atoms with Gasteiger partial charge in [0.1, 0.15) is 6.10 Å². The molecule has 3 N–H and O–H groups in total. The van der Waals surface area contributed by atoms with E-state index in [4.69, 9.17) is 10.5 Å². The van der Waals surface area contributed by atoms with Crippen molar-refractivity contribution >= 4 is 5.96 Å². The summed E-state index contributed by atoms with van der Waals surface area (Å²) in [7, 11) is 0. The minimum atomic E-state index is 0.350. The molecule has 5 heteroatoms. The zero-order valence-corrected chi connectivity index (χ0v) is 13.1. The van der Waals surface area contributed by atoms with Crippen molar-refractivity contribution in [3.63, 3.8) is 0 Å². The SMILES string of the molecule is NC(=NCc1ccc(OC2CCCC2)nc1)NCC1CCC1. The summed E-state index contributed by atoms with van der Waals surface area (Å²) in [6.07, 6.45) is 11.0. The van der Waals surface area contributed by atoms with E-state index in [1.807, 2.05) is 18.3 Å². The molecule has 0 spiro atoms. The molecule has 22 heavy (non-hydrogen) atoms. The molecule has 1 aromatic rings. The fourth-order valence-electron chi connectivity index (χ4n) is 2.93. The Kier molecular flexibility index (Phi) is 5.14. The first kappa shape index (κ1) is 15.1. The van der Waals surface area contributed by atoms with Crippen molar-refractivity contribution in [1.29, 1.82) is 0 Å². The molecule has 2 fully saturated rings. The van der Waals surface area contributed by atoms with E-state index in [1.54, 1.807) is 0 Å². The van der Waals surface area contributed by atoms with Crippen molar-refractivity contribution in [3.8, 4) is 5.88 Å². The van der Waals surface area contributed by atoms with Crippen molar-refractivity contribution < 1.29 is 4.74 Å². The van der Waals surface area contributed by atoms with Crippen molar-refractivity contribution in [2.75, 3.05) is 6.54 Å². The van der Waals surface area contributed by atoms with Crippen LogP contribution in [0.5, 0.6) is 5.88 Å². The van der Waals surface area contributed by atoms with Gasteiger partial charge in [0.05, 0.1) is 6.54 Å². The van der Waals surface area contributed by atoms with Gasteiger partial charge in [-0.3, -0.25) is 0 Å². The van der Waals surface area contributed by atoms with Crippen LogP contribution in [0, 0.1) is 5.92 Å². The van der Waals surface area contributed by atoms with Gasteiger partial charge in [-0.2, -0.15) is 0 Å². The van der Waals surface area contributed by atoms with Crippen LogP contribution in [0.15, 0.2) is 23.3 Å². The summed E-state index contributed by atoms with van der Waals surface area (Å²) < 4.78 is 5.86. The minimum Gasteiger partial charge on any atom is -0.474 e. The number of guanidine groups is 1. The molecule has 0 saturated heterocycles. The highest BCUT2D eigenvalue weighted by Crippen LogP contribution is 2.25. The second-order valence-corrected chi connectivity index (χ2v) is 6.41. The number of rotatable bonds is 6. The van der Waals surface area contributed by atoms with Crippen LogP contribution in [0.3, 0.4) is 0 Å². The Balaban J connectivity index is 1.43. The zero-order chi connectivity index (χ0) is 15.2. The Labute approximate surface area is 132 Å². The predicted octanol–water partition coefficient (Wildman–Crippen LogP) is 2.61. The summed E-state index contributed by atoms with van der Waals surface area (Å²) in [5.74, 6) is 2.02. The molecule has 0 aromatic carbocycles. The molecule has 0 amide bonds. The number of nitrogens with two attached hydrogens (primary N) is 1. The normalized spacial score (nSPS) is 19.9. The quantitative estimate of drug-likeness (QED) is 0.626. The molecule has 120 valence electrons. The van der Waals surface area contributed by atoms with Gasteiger partial charge < -0.3 is 15.8 Å². The summed E-state index contributed by atoms with van der Waals surface area (Å²) in [6, 6.07) is 3.95. The molecule has 2 aliphatic rings. The molecule has 2 aliphatic carbocycles. The van der Waals surface area contributed by atoms with E-state index >= 15 is 0 Å². The fourth-order valence-corrected chi connectivity index (χ4v) is 2.93. The first-order valence-electron chi connectivity index (χ1n) is 8.45. The molecule has 2 saturated carbocycles. The Morgan fingerprint density at radius 2 is 2.05 bits per heavy atom. The number of pyridine rings is 1. The predicted molar refractivity (Wildman–Crippen MR) is 87.8 cm³/mol. The largest absolute Gasteiger partial charge is 0.474 e. The summed E-state index contributed by atoms with van der Waals surface area (Å²) >= 11 is 0. The lowest BCUT2D eigenvalue weighted by molar-refractivity contribution is 0.201. The number of hydrogen-bond acceptors (Lipinski definition) is 3. The maximum Gasteiger partial charge on any atom is 0.213 e. The maximum absolute atomic E-state index is 5.88. The number of hydrogen-bond donors (Lipinski definition) is 2. The van der Waals surface area contributed by atoms with E-state index in [2.05, 4.69) is 15.3 Å². The Morgan fingerprint density at radius 1 is 1.23 bits per heavy atom. The molecule has 0 atom stereocenters. The molecule has 0 aliphatic heterocycles. The van der Waals surface area contributed by atoms with Crippen LogP contribution in [0.4, 0.5) is 0 Å². The number of ether oxygens (including phenoxy) is 1. The van der Waals surface area contributed by atoms with Crippen LogP contribution in [0.1, 0.15) is 50.5 Å². The van der Waals surface area contributed by atoms with Crippen molar-refractivity contribution in [1.82, 2.24) is 10.3 Å². The number of aliphatic imine (C=N–C) groups is 1. The van der Waals surface area contributed by atoms with Gasteiger partial charge in [0, 0.05) is 18.8 Å². The molecule has 0 unspecified atom stereocenters. The van der Waals surface area contributed by atoms with Crippen molar-refractivity contribution in [2.24, 2.45) is 16.6 Å². The number of nitrogens with zero attached hydrogens (tertiary/aromatic N) is 2. The van der Waals surface area contributed by atoms with Crippen LogP contribution in [0.25, 0.3) is 0 Å². The second-order valence-electron chi connectivity index (χ2n) is 6.41. The molecular formula is C17H26N4O. The van der Waals surface area contributed by atoms with Crippen LogP contribution >= 0.6 is 0 Å². The van der Waals surface area contributed by atoms with E-state index < -0.39 is 0 Å². The van der Waals surface area contributed by atoms with E-state index in [0.717, 1.165) is 36.7 Å². The topological polar surface area (TPSA) is 72.5 Å². The lowest BCUT2D eigenvalue weighted by atomic mass is 9.85. The molecule has 0 radical (unpaired) electrons. The van der Waals surface area contributed by atoms with Gasteiger partial charge >= 0.3 is 0 Å². The number of nitrogens with one attached hydrogen (secondary N) is 1. The number of aromatic nitrogens is 1. The van der Waals surface area contributed by atoms with Gasteiger partial charge in [0.15, 0.2) is 5.96 Å². The third-order valence-corrected chi connectivity index (χ3v) is 4.62. The van der Waals surface area contributed by atoms with Crippen LogP contribution in [0.2, 0.25) is 0 Å². The van der Waals surface area contributed by atoms with E-state index in [9.17, 15) is 0 Å². The maximum atomic E-state index is 5.88. The van der Waals surface area contributed by atoms with E-state index in [-0.39, 0.29) is 0 Å². The third-order valence-electron chi connectivity index (χ3n) is 4.62. The van der Waals surface area contributed by atoms with Gasteiger partial charge in [0.25, 0.3) is 0 Å². The summed E-state index contributed by atoms with van der Waals surface area (Å²) in [4.78, 5) is 8.72. The lowest BCUT2D eigenvalue weighted by Gasteiger charge is -2.25. The molecule has 3 rings (SSSR count). The van der Waals surface area contributed by atoms with Crippen molar-refractivity contribution in [2.45, 2.75) is 57.6 Å². The van der Waals surface area contributed by atoms with Gasteiger partial charge in [0.2, 0.25) is 5.88 Å². The van der Waals surface area contributed by atoms with E-state index in [1.165, 1.54) is 32.1 Å². The van der Waals surface area contributed by atoms with Crippen molar-refractivity contribution in [3.05, 3.63) is 23.9 Å². The standard InChI is InChI=1S/C17H26N4O/c18-17(20-10-13-4-3-5-13)21-12-14-8-9-16(19-11-14)22-15-6-1-2-7-15/h8-9,11,13,15H,1-7,10,12H2,(H3,18,20,21). The van der Waals surface area contributed by atoms with Gasteiger partial charge in [-0.15, -0.1) is 0 Å². The van der Waals surface area contributed by atoms with Gasteiger partial charge in [-0.25, -0.2) is 9.98 Å². The third kappa shape index (κ3) is 4.36.